The average molecular weight is 226 g/mol. The Morgan fingerprint density at radius 1 is 1.33 bits per heavy atom. The van der Waals surface area contributed by atoms with Crippen LogP contribution in [0, 0.1) is 6.92 Å². The van der Waals surface area contributed by atoms with Gasteiger partial charge < -0.3 is 0 Å². The van der Waals surface area contributed by atoms with Gasteiger partial charge in [-0.1, -0.05) is 31.0 Å². The number of aryl methyl sites for hydroxylation is 1. The average Bonchev–Trinajstić information content (AvgIpc) is 2.18. The highest BCUT2D eigenvalue weighted by Crippen LogP contribution is 2.10. The van der Waals surface area contributed by atoms with Gasteiger partial charge in [0.25, 0.3) is 0 Å². The smallest absolute Gasteiger partial charge is 0.134 e. The molecular formula is C11H18N2OS. The first-order valence-corrected chi connectivity index (χ1v) is 6.71. The van der Waals surface area contributed by atoms with Crippen LogP contribution in [0.1, 0.15) is 25.3 Å². The van der Waals surface area contributed by atoms with Crippen LogP contribution in [0.5, 0.6) is 0 Å². The Hall–Kier alpha value is -0.870. The zero-order valence-corrected chi connectivity index (χ0v) is 10.1. The minimum atomic E-state index is -2.67. The second kappa shape index (κ2) is 5.28. The van der Waals surface area contributed by atoms with Crippen LogP contribution in [0.3, 0.4) is 0 Å². The molecule has 1 aromatic rings. The number of hydrogen-bond acceptors (Lipinski definition) is 2. The SMILES string of the molecule is CCCCN=S(N)(=O)c1ccc(C)cc1. The number of hydrogen-bond donors (Lipinski definition) is 1. The van der Waals surface area contributed by atoms with Crippen molar-refractivity contribution in [3.05, 3.63) is 29.8 Å². The fourth-order valence-electron chi connectivity index (χ4n) is 1.17. The molecule has 0 saturated carbocycles. The first-order valence-electron chi connectivity index (χ1n) is 5.13. The van der Waals surface area contributed by atoms with E-state index in [1.807, 2.05) is 19.1 Å². The monoisotopic (exact) mass is 226 g/mol. The molecule has 1 unspecified atom stereocenters. The molecule has 2 N–H and O–H groups in total. The van der Waals surface area contributed by atoms with Gasteiger partial charge in [0.15, 0.2) is 0 Å². The molecule has 0 aliphatic rings. The van der Waals surface area contributed by atoms with Gasteiger partial charge in [-0.15, -0.1) is 0 Å². The molecule has 3 nitrogen and oxygen atoms in total. The van der Waals surface area contributed by atoms with Crippen LogP contribution < -0.4 is 5.14 Å². The summed E-state index contributed by atoms with van der Waals surface area (Å²) in [5, 5.41) is 5.69. The zero-order chi connectivity index (χ0) is 11.3. The second-order valence-electron chi connectivity index (χ2n) is 3.59. The minimum Gasteiger partial charge on any atom is -0.241 e. The quantitative estimate of drug-likeness (QED) is 0.788. The molecule has 1 rings (SSSR count). The van der Waals surface area contributed by atoms with Crippen molar-refractivity contribution in [2.24, 2.45) is 9.50 Å². The lowest BCUT2D eigenvalue weighted by Crippen LogP contribution is -2.13. The molecule has 4 heteroatoms. The first-order chi connectivity index (χ1) is 7.06. The highest BCUT2D eigenvalue weighted by atomic mass is 32.2. The molecule has 84 valence electrons. The summed E-state index contributed by atoms with van der Waals surface area (Å²) in [6.45, 7) is 4.62. The van der Waals surface area contributed by atoms with Crippen molar-refractivity contribution >= 4 is 9.92 Å². The molecule has 0 spiro atoms. The van der Waals surface area contributed by atoms with E-state index in [-0.39, 0.29) is 0 Å². The maximum Gasteiger partial charge on any atom is 0.134 e. The Morgan fingerprint density at radius 3 is 2.47 bits per heavy atom. The van der Waals surface area contributed by atoms with Crippen LogP contribution in [0.25, 0.3) is 0 Å². The van der Waals surface area contributed by atoms with E-state index in [1.54, 1.807) is 12.1 Å². The van der Waals surface area contributed by atoms with E-state index in [0.717, 1.165) is 18.4 Å². The second-order valence-corrected chi connectivity index (χ2v) is 5.45. The highest BCUT2D eigenvalue weighted by molar-refractivity contribution is 7.91. The van der Waals surface area contributed by atoms with Crippen molar-refractivity contribution in [1.29, 1.82) is 0 Å². The van der Waals surface area contributed by atoms with Gasteiger partial charge in [-0.3, -0.25) is 0 Å². The van der Waals surface area contributed by atoms with Crippen LogP contribution in [0.15, 0.2) is 33.5 Å². The molecule has 0 amide bonds. The maximum atomic E-state index is 12.0. The Balaban J connectivity index is 2.90. The van der Waals surface area contributed by atoms with Gasteiger partial charge in [-0.25, -0.2) is 13.7 Å². The number of benzene rings is 1. The van der Waals surface area contributed by atoms with Gasteiger partial charge in [0.1, 0.15) is 9.92 Å². The van der Waals surface area contributed by atoms with E-state index in [9.17, 15) is 4.21 Å². The number of unbranched alkanes of at least 4 members (excludes halogenated alkanes) is 1. The first kappa shape index (κ1) is 12.2. The molecule has 0 aliphatic heterocycles. The van der Waals surface area contributed by atoms with Crippen molar-refractivity contribution in [2.75, 3.05) is 6.54 Å². The summed E-state index contributed by atoms with van der Waals surface area (Å²) in [6.07, 6.45) is 1.97. The van der Waals surface area contributed by atoms with Crippen LogP contribution >= 0.6 is 0 Å². The van der Waals surface area contributed by atoms with E-state index in [2.05, 4.69) is 11.3 Å². The fourth-order valence-corrected chi connectivity index (χ4v) is 2.24. The molecule has 0 heterocycles. The summed E-state index contributed by atoms with van der Waals surface area (Å²) in [4.78, 5) is 0.615. The molecular weight excluding hydrogens is 208 g/mol. The summed E-state index contributed by atoms with van der Waals surface area (Å²) in [7, 11) is -2.67. The van der Waals surface area contributed by atoms with E-state index in [4.69, 9.17) is 5.14 Å². The van der Waals surface area contributed by atoms with Crippen molar-refractivity contribution in [2.45, 2.75) is 31.6 Å². The van der Waals surface area contributed by atoms with Gasteiger partial charge >= 0.3 is 0 Å². The lowest BCUT2D eigenvalue weighted by atomic mass is 10.2. The van der Waals surface area contributed by atoms with Gasteiger partial charge in [0.2, 0.25) is 0 Å². The Morgan fingerprint density at radius 2 is 1.93 bits per heavy atom. The Labute approximate surface area is 92.0 Å². The molecule has 0 aliphatic carbocycles. The molecule has 1 atom stereocenters. The predicted octanol–water partition coefficient (Wildman–Crippen LogP) is 2.50. The molecule has 15 heavy (non-hydrogen) atoms. The summed E-state index contributed by atoms with van der Waals surface area (Å²) in [6, 6.07) is 7.37. The summed E-state index contributed by atoms with van der Waals surface area (Å²) >= 11 is 0. The van der Waals surface area contributed by atoms with Crippen molar-refractivity contribution in [3.8, 4) is 0 Å². The third-order valence-electron chi connectivity index (χ3n) is 2.15. The van der Waals surface area contributed by atoms with Gasteiger partial charge in [0, 0.05) is 6.54 Å². The number of nitrogens with zero attached hydrogens (tertiary/aromatic N) is 1. The third-order valence-corrected chi connectivity index (χ3v) is 3.67. The fraction of sp³-hybridized carbons (Fsp3) is 0.455. The molecule has 0 bridgehead atoms. The predicted molar refractivity (Wildman–Crippen MR) is 64.0 cm³/mol. The summed E-state index contributed by atoms with van der Waals surface area (Å²) < 4.78 is 16.0. The van der Waals surface area contributed by atoms with Crippen molar-refractivity contribution in [3.63, 3.8) is 0 Å². The molecule has 1 aromatic carbocycles. The summed E-state index contributed by atoms with van der Waals surface area (Å²) in [5.41, 5.74) is 1.13. The van der Waals surface area contributed by atoms with E-state index in [1.165, 1.54) is 0 Å². The number of nitrogens with two attached hydrogens (primary N) is 1. The largest absolute Gasteiger partial charge is 0.241 e. The molecule has 0 radical (unpaired) electrons. The van der Waals surface area contributed by atoms with E-state index in [0.29, 0.717) is 11.4 Å². The van der Waals surface area contributed by atoms with Gasteiger partial charge in [-0.05, 0) is 25.5 Å². The molecule has 0 saturated heterocycles. The van der Waals surface area contributed by atoms with Crippen LogP contribution in [0.2, 0.25) is 0 Å². The number of rotatable bonds is 4. The lowest BCUT2D eigenvalue weighted by molar-refractivity contribution is 0.674. The van der Waals surface area contributed by atoms with E-state index < -0.39 is 9.92 Å². The van der Waals surface area contributed by atoms with E-state index >= 15 is 0 Å². The highest BCUT2D eigenvalue weighted by Gasteiger charge is 2.04. The van der Waals surface area contributed by atoms with Crippen molar-refractivity contribution < 1.29 is 4.21 Å². The Kier molecular flexibility index (Phi) is 4.29. The molecule has 0 aromatic heterocycles. The topological polar surface area (TPSA) is 55.4 Å². The van der Waals surface area contributed by atoms with Crippen LogP contribution in [-0.4, -0.2) is 10.8 Å². The molecule has 0 fully saturated rings. The van der Waals surface area contributed by atoms with Crippen molar-refractivity contribution in [1.82, 2.24) is 0 Å². The maximum absolute atomic E-state index is 12.0. The normalized spacial score (nSPS) is 14.6. The lowest BCUT2D eigenvalue weighted by Gasteiger charge is -2.04. The third kappa shape index (κ3) is 3.64. The van der Waals surface area contributed by atoms with Crippen LogP contribution in [0.4, 0.5) is 0 Å². The zero-order valence-electron chi connectivity index (χ0n) is 9.27. The van der Waals surface area contributed by atoms with Gasteiger partial charge in [0.05, 0.1) is 4.90 Å². The minimum absolute atomic E-state index is 0.569. The standard InChI is InChI=1S/C11H18N2OS/c1-3-4-9-13-15(12,14)11-7-5-10(2)6-8-11/h5-8H,3-4,9H2,1-2H3,(H2,12,13,14). The van der Waals surface area contributed by atoms with Crippen LogP contribution in [-0.2, 0) is 9.92 Å². The Bertz CT molecular complexity index is 417. The van der Waals surface area contributed by atoms with Gasteiger partial charge in [-0.2, -0.15) is 0 Å². The summed E-state index contributed by atoms with van der Waals surface area (Å²) in [5.74, 6) is 0.